The predicted molar refractivity (Wildman–Crippen MR) is 162 cm³/mol. The largest absolute Gasteiger partial charge is 0.389 e. The number of fused-ring (bicyclic) bond motifs is 5. The fourth-order valence-corrected chi connectivity index (χ4v) is 9.84. The Morgan fingerprint density at radius 1 is 1.09 bits per heavy atom. The van der Waals surface area contributed by atoms with Gasteiger partial charge in [-0.15, -0.1) is 11.8 Å². The summed E-state index contributed by atoms with van der Waals surface area (Å²) in [6.45, 7) is -9.57. The van der Waals surface area contributed by atoms with Crippen LogP contribution >= 0.6 is 37.5 Å². The zero-order valence-corrected chi connectivity index (χ0v) is 26.7. The van der Waals surface area contributed by atoms with Crippen molar-refractivity contribution in [2.45, 2.75) is 47.4 Å². The van der Waals surface area contributed by atoms with Gasteiger partial charge in [-0.3, -0.25) is 32.5 Å². The van der Waals surface area contributed by atoms with Crippen molar-refractivity contribution in [1.82, 2.24) is 39.0 Å². The number of hydrogen-bond acceptors (Lipinski definition) is 17. The number of aliphatic hydroxyl groups is 1. The lowest BCUT2D eigenvalue weighted by Crippen LogP contribution is -2.35. The zero-order chi connectivity index (χ0) is 31.8. The fourth-order valence-electron chi connectivity index (χ4n) is 5.26. The van der Waals surface area contributed by atoms with Crippen molar-refractivity contribution < 1.29 is 41.8 Å². The third-order valence-electron chi connectivity index (χ3n) is 7.28. The smallest absolute Gasteiger partial charge is 0.386 e. The lowest BCUT2D eigenvalue weighted by molar-refractivity contribution is -0.0446. The van der Waals surface area contributed by atoms with Gasteiger partial charge in [0.2, 0.25) is 5.95 Å². The number of aromatic nitrogens is 8. The minimum atomic E-state index is -4.33. The molecular formula is C20H23FN10O9P2S3. The molecule has 242 valence electrons. The van der Waals surface area contributed by atoms with E-state index < -0.39 is 79.7 Å². The average molecular weight is 725 g/mol. The number of anilines is 2. The molecule has 45 heavy (non-hydrogen) atoms. The molecular weight excluding hydrogens is 701 g/mol. The molecule has 3 fully saturated rings. The van der Waals surface area contributed by atoms with E-state index in [1.54, 1.807) is 0 Å². The number of thiol groups is 1. The molecule has 3 aliphatic heterocycles. The number of nitrogens with one attached hydrogen (secondary N) is 1. The van der Waals surface area contributed by atoms with Crippen molar-refractivity contribution in [2.24, 2.45) is 0 Å². The molecule has 2 bridgehead atoms. The first-order valence-corrected chi connectivity index (χ1v) is 19.1. The van der Waals surface area contributed by atoms with Gasteiger partial charge in [0.25, 0.3) is 5.56 Å². The number of nitrogens with zero attached hydrogens (tertiary/aromatic N) is 7. The Kier molecular flexibility index (Phi) is 7.98. The maximum Gasteiger partial charge on any atom is 0.386 e. The summed E-state index contributed by atoms with van der Waals surface area (Å²) in [5.74, 6) is -0.125. The normalized spacial score (nSPS) is 37.7. The van der Waals surface area contributed by atoms with Crippen molar-refractivity contribution in [3.8, 4) is 0 Å². The molecule has 19 nitrogen and oxygen atoms in total. The standard InChI is InChI=1S/C20H23FN10O9P2S3/c21-8-12-6(38-18(8)30-4-26-9-14(22)24-3-25-15(9)30)1-36-41(34,43)40-13-11(32)7(2-37-42(35,44)39-12)45-19(13)31-5-27-10-16(31)28-20(23)29-17(10)33/h3-8,11-13,18-19,32H,1-2H2,(H,34,43)(H,35,44)(H2,22,24,25)(H3,23,28,29,33)/t6-,7-,8+,11-,12-,13?,18-,19-,41?,42?/m1/s1. The number of nitrogens with two attached hydrogens (primary N) is 2. The number of aromatic amines is 1. The summed E-state index contributed by atoms with van der Waals surface area (Å²) in [6.07, 6.45) is -5.34. The first-order valence-electron chi connectivity index (χ1n) is 12.9. The van der Waals surface area contributed by atoms with Crippen molar-refractivity contribution in [1.29, 1.82) is 0 Å². The SMILES string of the molecule is Nc1nc2c(ncn2[C@@H]2S[C@@H]3COP(=O)(S)O[C@H]4[C@H](F)[C@H](n5cnc6c(N)ncnc65)O[C@@H]4COP(O)(=S)OC2[C@@H]3O)c(=O)[nH]1. The number of hydrogen-bond donors (Lipinski definition) is 6. The second kappa shape index (κ2) is 11.5. The molecule has 3 unspecified atom stereocenters. The number of H-pyrrole nitrogens is 1. The quantitative estimate of drug-likeness (QED) is 0.121. The van der Waals surface area contributed by atoms with E-state index in [-0.39, 0.29) is 34.1 Å². The molecule has 7 N–H and O–H groups in total. The molecule has 4 aromatic rings. The lowest BCUT2D eigenvalue weighted by atomic mass is 10.1. The van der Waals surface area contributed by atoms with Gasteiger partial charge in [0.15, 0.2) is 35.0 Å². The maximum atomic E-state index is 16.0. The summed E-state index contributed by atoms with van der Waals surface area (Å²) in [6, 6.07) is 0. The van der Waals surface area contributed by atoms with Gasteiger partial charge in [-0.1, -0.05) is 12.2 Å². The van der Waals surface area contributed by atoms with Crippen molar-refractivity contribution in [2.75, 3.05) is 24.7 Å². The number of rotatable bonds is 2. The Morgan fingerprint density at radius 2 is 1.84 bits per heavy atom. The van der Waals surface area contributed by atoms with Crippen LogP contribution in [0.1, 0.15) is 11.6 Å². The van der Waals surface area contributed by atoms with Crippen LogP contribution < -0.4 is 17.0 Å². The molecule has 0 spiro atoms. The topological polar surface area (TPSA) is 263 Å². The van der Waals surface area contributed by atoms with E-state index in [1.807, 2.05) is 0 Å². The van der Waals surface area contributed by atoms with Crippen molar-refractivity contribution in [3.05, 3.63) is 29.3 Å². The monoisotopic (exact) mass is 724 g/mol. The first-order chi connectivity index (χ1) is 21.3. The molecule has 7 heterocycles. The predicted octanol–water partition coefficient (Wildman–Crippen LogP) is 0.406. The summed E-state index contributed by atoms with van der Waals surface area (Å²) in [4.78, 5) is 46.1. The number of imidazole rings is 2. The van der Waals surface area contributed by atoms with Crippen molar-refractivity contribution >= 4 is 83.4 Å². The van der Waals surface area contributed by atoms with E-state index in [1.165, 1.54) is 28.1 Å². The van der Waals surface area contributed by atoms with Gasteiger partial charge in [0, 0.05) is 0 Å². The van der Waals surface area contributed by atoms with E-state index >= 15 is 4.39 Å². The van der Waals surface area contributed by atoms with Crippen LogP contribution in [0.3, 0.4) is 0 Å². The second-order valence-electron chi connectivity index (χ2n) is 10.1. The number of thioether (sulfide) groups is 1. The number of alkyl halides is 1. The summed E-state index contributed by atoms with van der Waals surface area (Å²) in [7, 11) is 0. The Morgan fingerprint density at radius 3 is 2.64 bits per heavy atom. The van der Waals surface area contributed by atoms with Crippen LogP contribution in [0.2, 0.25) is 0 Å². The Labute approximate surface area is 265 Å². The number of halogens is 1. The van der Waals surface area contributed by atoms with Crippen LogP contribution in [0.5, 0.6) is 0 Å². The highest BCUT2D eigenvalue weighted by molar-refractivity contribution is 8.44. The average Bonchev–Trinajstić information content (AvgIpc) is 3.72. The van der Waals surface area contributed by atoms with Gasteiger partial charge in [0.05, 0.1) is 37.2 Å². The van der Waals surface area contributed by atoms with Crippen LogP contribution in [-0.2, 0) is 39.2 Å². The molecule has 10 atom stereocenters. The molecule has 0 amide bonds. The van der Waals surface area contributed by atoms with E-state index in [0.29, 0.717) is 0 Å². The van der Waals surface area contributed by atoms with Gasteiger partial charge in [-0.25, -0.2) is 28.9 Å². The summed E-state index contributed by atoms with van der Waals surface area (Å²) < 4.78 is 60.4. The molecule has 0 radical (unpaired) electrons. The minimum Gasteiger partial charge on any atom is -0.389 e. The molecule has 0 saturated carbocycles. The van der Waals surface area contributed by atoms with Crippen LogP contribution in [0.4, 0.5) is 16.2 Å². The van der Waals surface area contributed by atoms with E-state index in [2.05, 4.69) is 42.2 Å². The van der Waals surface area contributed by atoms with E-state index in [4.69, 9.17) is 46.1 Å². The molecule has 0 aromatic carbocycles. The third kappa shape index (κ3) is 5.68. The molecule has 3 saturated heterocycles. The fraction of sp³-hybridized carbons (Fsp3) is 0.500. The van der Waals surface area contributed by atoms with E-state index in [0.717, 1.165) is 11.8 Å². The molecule has 3 aliphatic rings. The Bertz CT molecular complexity index is 1950. The Balaban J connectivity index is 1.21. The van der Waals surface area contributed by atoms with Crippen LogP contribution in [-0.4, -0.2) is 98.1 Å². The number of ether oxygens (including phenoxy) is 1. The highest BCUT2D eigenvalue weighted by Crippen LogP contribution is 2.59. The number of aliphatic hydroxyl groups excluding tert-OH is 1. The summed E-state index contributed by atoms with van der Waals surface area (Å²) >= 11 is 10.4. The molecule has 7 rings (SSSR count). The summed E-state index contributed by atoms with van der Waals surface area (Å²) in [5.41, 5.74) is 11.4. The Hall–Kier alpha value is -2.27. The molecule has 0 aliphatic carbocycles. The highest BCUT2D eigenvalue weighted by Gasteiger charge is 2.53. The first kappa shape index (κ1) is 31.3. The summed E-state index contributed by atoms with van der Waals surface area (Å²) in [5, 5.41) is 9.43. The van der Waals surface area contributed by atoms with Gasteiger partial charge < -0.3 is 30.7 Å². The van der Waals surface area contributed by atoms with Crippen molar-refractivity contribution in [3.63, 3.8) is 0 Å². The van der Waals surface area contributed by atoms with Gasteiger partial charge in [0.1, 0.15) is 35.5 Å². The minimum absolute atomic E-state index is 0.0420. The molecule has 25 heteroatoms. The van der Waals surface area contributed by atoms with Crippen LogP contribution in [0, 0.1) is 0 Å². The maximum absolute atomic E-state index is 16.0. The highest BCUT2D eigenvalue weighted by atomic mass is 32.7. The van der Waals surface area contributed by atoms with Gasteiger partial charge in [-0.05, 0) is 11.8 Å². The van der Waals surface area contributed by atoms with E-state index in [9.17, 15) is 19.4 Å². The lowest BCUT2D eigenvalue weighted by Gasteiger charge is -2.28. The van der Waals surface area contributed by atoms with Gasteiger partial charge >= 0.3 is 13.5 Å². The zero-order valence-electron chi connectivity index (χ0n) is 22.3. The second-order valence-corrected chi connectivity index (χ2v) is 17.1. The molecule has 4 aromatic heterocycles. The number of nitrogen functional groups attached to an aromatic ring is 2. The van der Waals surface area contributed by atoms with Gasteiger partial charge in [-0.2, -0.15) is 4.98 Å². The van der Waals surface area contributed by atoms with Crippen LogP contribution in [0.15, 0.2) is 23.8 Å². The van der Waals surface area contributed by atoms with Crippen LogP contribution in [0.25, 0.3) is 22.3 Å². The third-order valence-corrected chi connectivity index (χ3v) is 12.0.